The Balaban J connectivity index is 2.27. The zero-order chi connectivity index (χ0) is 16.1. The van der Waals surface area contributed by atoms with Gasteiger partial charge in [0, 0.05) is 13.1 Å². The molecule has 0 radical (unpaired) electrons. The van der Waals surface area contributed by atoms with Gasteiger partial charge in [0.05, 0.1) is 17.3 Å². The van der Waals surface area contributed by atoms with E-state index >= 15 is 0 Å². The highest BCUT2D eigenvalue weighted by atomic mass is 19.4. The number of aromatic nitrogens is 4. The first kappa shape index (κ1) is 14.2. The van der Waals surface area contributed by atoms with Crippen molar-refractivity contribution in [2.45, 2.75) is 6.18 Å². The molecule has 1 aromatic carbocycles. The molecule has 2 heterocycles. The smallest absolute Gasteiger partial charge is 0.267 e. The van der Waals surface area contributed by atoms with Gasteiger partial charge >= 0.3 is 6.18 Å². The minimum atomic E-state index is -4.65. The van der Waals surface area contributed by atoms with Gasteiger partial charge in [-0.05, 0) is 18.2 Å². The maximum absolute atomic E-state index is 13.8. The molecule has 0 aliphatic rings. The summed E-state index contributed by atoms with van der Waals surface area (Å²) < 4.78 is 54.0. The highest BCUT2D eigenvalue weighted by Crippen LogP contribution is 2.31. The zero-order valence-corrected chi connectivity index (χ0v) is 11.1. The van der Waals surface area contributed by atoms with Crippen LogP contribution in [0.3, 0.4) is 0 Å². The largest absolute Gasteiger partial charge is 0.416 e. The third-order valence-corrected chi connectivity index (χ3v) is 3.14. The summed E-state index contributed by atoms with van der Waals surface area (Å²) in [6, 6.07) is 2.94. The van der Waals surface area contributed by atoms with E-state index in [9.17, 15) is 22.4 Å². The molecule has 9 heteroatoms. The Morgan fingerprint density at radius 1 is 1.18 bits per heavy atom. The van der Waals surface area contributed by atoms with Crippen LogP contribution in [0.1, 0.15) is 5.56 Å². The molecule has 0 saturated carbocycles. The predicted octanol–water partition coefficient (Wildman–Crippen LogP) is 2.28. The van der Waals surface area contributed by atoms with E-state index in [1.807, 2.05) is 0 Å². The first-order valence-electron chi connectivity index (χ1n) is 6.06. The Kier molecular flexibility index (Phi) is 3.01. The zero-order valence-electron chi connectivity index (χ0n) is 11.1. The topological polar surface area (TPSA) is 52.7 Å². The maximum Gasteiger partial charge on any atom is 0.416 e. The van der Waals surface area contributed by atoms with Crippen molar-refractivity contribution in [3.05, 3.63) is 52.2 Å². The molecule has 0 atom stereocenters. The molecule has 0 bridgehead atoms. The third kappa shape index (κ3) is 2.24. The van der Waals surface area contributed by atoms with Crippen molar-refractivity contribution in [3.63, 3.8) is 0 Å². The Labute approximate surface area is 120 Å². The van der Waals surface area contributed by atoms with Crippen LogP contribution < -0.4 is 5.56 Å². The van der Waals surface area contributed by atoms with Crippen LogP contribution in [0.25, 0.3) is 16.7 Å². The fraction of sp³-hybridized carbons (Fsp3) is 0.154. The van der Waals surface area contributed by atoms with E-state index in [-0.39, 0.29) is 5.52 Å². The van der Waals surface area contributed by atoms with E-state index in [0.29, 0.717) is 28.4 Å². The summed E-state index contributed by atoms with van der Waals surface area (Å²) in [6.07, 6.45) is -3.32. The standard InChI is InChI=1S/C13H8F4N4O/c1-20-11-5-12(22)21(19-9(11)6-18-20)10-4-7(13(15,16)17)2-3-8(10)14/h2-6H,1H3. The lowest BCUT2D eigenvalue weighted by atomic mass is 10.2. The summed E-state index contributed by atoms with van der Waals surface area (Å²) >= 11 is 0. The van der Waals surface area contributed by atoms with Gasteiger partial charge in [-0.3, -0.25) is 9.48 Å². The highest BCUT2D eigenvalue weighted by Gasteiger charge is 2.31. The molecule has 2 aromatic heterocycles. The van der Waals surface area contributed by atoms with Crippen molar-refractivity contribution in [3.8, 4) is 5.69 Å². The molecule has 0 fully saturated rings. The third-order valence-electron chi connectivity index (χ3n) is 3.14. The molecule has 22 heavy (non-hydrogen) atoms. The first-order chi connectivity index (χ1) is 10.3. The van der Waals surface area contributed by atoms with Crippen LogP contribution in [0.15, 0.2) is 35.3 Å². The summed E-state index contributed by atoms with van der Waals surface area (Å²) in [6.45, 7) is 0. The predicted molar refractivity (Wildman–Crippen MR) is 69.1 cm³/mol. The number of benzene rings is 1. The number of nitrogens with zero attached hydrogens (tertiary/aromatic N) is 4. The molecule has 3 aromatic rings. The van der Waals surface area contributed by atoms with E-state index in [0.717, 1.165) is 6.07 Å². The molecule has 0 amide bonds. The summed E-state index contributed by atoms with van der Waals surface area (Å²) in [5.41, 5.74) is -1.73. The Morgan fingerprint density at radius 3 is 2.59 bits per heavy atom. The number of hydrogen-bond acceptors (Lipinski definition) is 3. The molecule has 0 saturated heterocycles. The van der Waals surface area contributed by atoms with Crippen LogP contribution in [0, 0.1) is 5.82 Å². The van der Waals surface area contributed by atoms with Crippen molar-refractivity contribution in [1.82, 2.24) is 19.6 Å². The quantitative estimate of drug-likeness (QED) is 0.648. The molecule has 0 spiro atoms. The fourth-order valence-corrected chi connectivity index (χ4v) is 2.04. The van der Waals surface area contributed by atoms with Crippen LogP contribution in [0.5, 0.6) is 0 Å². The van der Waals surface area contributed by atoms with Gasteiger partial charge < -0.3 is 0 Å². The summed E-state index contributed by atoms with van der Waals surface area (Å²) in [7, 11) is 1.58. The minimum Gasteiger partial charge on any atom is -0.267 e. The molecular formula is C13H8F4N4O. The average Bonchev–Trinajstić information content (AvgIpc) is 2.78. The van der Waals surface area contributed by atoms with Crippen LogP contribution in [0.2, 0.25) is 0 Å². The van der Waals surface area contributed by atoms with E-state index in [4.69, 9.17) is 0 Å². The van der Waals surface area contributed by atoms with Gasteiger partial charge in [0.2, 0.25) is 0 Å². The summed E-state index contributed by atoms with van der Waals surface area (Å²) in [5.74, 6) is -0.981. The van der Waals surface area contributed by atoms with Crippen molar-refractivity contribution < 1.29 is 17.6 Å². The molecule has 0 N–H and O–H groups in total. The van der Waals surface area contributed by atoms with Crippen molar-refractivity contribution >= 4 is 11.0 Å². The Bertz CT molecular complexity index is 926. The number of aryl methyl sites for hydroxylation is 1. The second kappa shape index (κ2) is 4.65. The lowest BCUT2D eigenvalue weighted by Crippen LogP contribution is -2.22. The highest BCUT2D eigenvalue weighted by molar-refractivity contribution is 5.73. The van der Waals surface area contributed by atoms with Crippen molar-refractivity contribution in [2.24, 2.45) is 7.05 Å². The van der Waals surface area contributed by atoms with E-state index in [1.54, 1.807) is 7.05 Å². The van der Waals surface area contributed by atoms with Crippen LogP contribution in [-0.2, 0) is 13.2 Å². The lowest BCUT2D eigenvalue weighted by Gasteiger charge is -2.10. The second-order valence-electron chi connectivity index (χ2n) is 4.60. The van der Waals surface area contributed by atoms with E-state index in [2.05, 4.69) is 10.2 Å². The Hall–Kier alpha value is -2.71. The monoisotopic (exact) mass is 312 g/mol. The summed E-state index contributed by atoms with van der Waals surface area (Å²) in [4.78, 5) is 12.0. The Morgan fingerprint density at radius 2 is 1.91 bits per heavy atom. The van der Waals surface area contributed by atoms with Crippen LogP contribution in [0.4, 0.5) is 17.6 Å². The summed E-state index contributed by atoms with van der Waals surface area (Å²) in [5, 5.41) is 7.74. The maximum atomic E-state index is 13.8. The van der Waals surface area contributed by atoms with Gasteiger partial charge in [-0.15, -0.1) is 0 Å². The molecule has 3 rings (SSSR count). The normalized spacial score (nSPS) is 12.0. The van der Waals surface area contributed by atoms with E-state index in [1.165, 1.54) is 10.9 Å². The van der Waals surface area contributed by atoms with Gasteiger partial charge in [-0.25, -0.2) is 4.39 Å². The molecule has 0 aliphatic heterocycles. The van der Waals surface area contributed by atoms with Gasteiger partial charge in [-0.1, -0.05) is 0 Å². The van der Waals surface area contributed by atoms with Gasteiger partial charge in [0.15, 0.2) is 0 Å². The van der Waals surface area contributed by atoms with Gasteiger partial charge in [0.25, 0.3) is 5.56 Å². The number of hydrogen-bond donors (Lipinski definition) is 0. The van der Waals surface area contributed by atoms with Crippen molar-refractivity contribution in [1.29, 1.82) is 0 Å². The van der Waals surface area contributed by atoms with Crippen LogP contribution >= 0.6 is 0 Å². The first-order valence-corrected chi connectivity index (χ1v) is 6.06. The van der Waals surface area contributed by atoms with Crippen molar-refractivity contribution in [2.75, 3.05) is 0 Å². The number of alkyl halides is 3. The number of fused-ring (bicyclic) bond motifs is 1. The minimum absolute atomic E-state index is 0.263. The number of rotatable bonds is 1. The van der Waals surface area contributed by atoms with Crippen LogP contribution in [-0.4, -0.2) is 19.6 Å². The SMILES string of the molecule is Cn1ncc2nn(-c3cc(C(F)(F)F)ccc3F)c(=O)cc21. The molecule has 0 unspecified atom stereocenters. The second-order valence-corrected chi connectivity index (χ2v) is 4.60. The fourth-order valence-electron chi connectivity index (χ4n) is 2.04. The molecule has 0 aliphatic carbocycles. The molecule has 114 valence electrons. The average molecular weight is 312 g/mol. The molecule has 5 nitrogen and oxygen atoms in total. The van der Waals surface area contributed by atoms with Gasteiger partial charge in [-0.2, -0.15) is 28.1 Å². The van der Waals surface area contributed by atoms with Gasteiger partial charge in [0.1, 0.15) is 17.0 Å². The van der Waals surface area contributed by atoms with E-state index < -0.39 is 28.8 Å². The molecular weight excluding hydrogens is 304 g/mol. The lowest BCUT2D eigenvalue weighted by molar-refractivity contribution is -0.137. The number of halogens is 4.